The Morgan fingerprint density at radius 2 is 2.00 bits per heavy atom. The number of piperidine rings is 1. The molecule has 1 aromatic heterocycles. The van der Waals surface area contributed by atoms with E-state index in [9.17, 15) is 0 Å². The molecule has 0 amide bonds. The lowest BCUT2D eigenvalue weighted by Gasteiger charge is -2.40. The van der Waals surface area contributed by atoms with Crippen molar-refractivity contribution in [1.29, 1.82) is 0 Å². The second kappa shape index (κ2) is 9.80. The van der Waals surface area contributed by atoms with Crippen LogP contribution in [0.2, 0.25) is 0 Å². The molecule has 1 aliphatic heterocycles. The van der Waals surface area contributed by atoms with Crippen LogP contribution in [0.4, 0.5) is 0 Å². The zero-order valence-corrected chi connectivity index (χ0v) is 16.5. The average Bonchev–Trinajstić information content (AvgIpc) is 3.02. The number of aryl methyl sites for hydroxylation is 2. The van der Waals surface area contributed by atoms with Gasteiger partial charge in [-0.15, -0.1) is 0 Å². The number of hydrogen-bond donors (Lipinski definition) is 2. The van der Waals surface area contributed by atoms with Gasteiger partial charge in [0, 0.05) is 31.4 Å². The Morgan fingerprint density at radius 3 is 2.64 bits per heavy atom. The van der Waals surface area contributed by atoms with Crippen molar-refractivity contribution in [2.24, 2.45) is 4.99 Å². The SMILES string of the molecule is CCNC(=NCC(C)(C)N1CCCCC1)NCCCn1cc(C)cn1. The predicted molar refractivity (Wildman–Crippen MR) is 105 cm³/mol. The van der Waals surface area contributed by atoms with Crippen molar-refractivity contribution in [3.63, 3.8) is 0 Å². The molecular weight excluding hydrogens is 312 g/mol. The van der Waals surface area contributed by atoms with Crippen molar-refractivity contribution in [2.45, 2.75) is 65.5 Å². The summed E-state index contributed by atoms with van der Waals surface area (Å²) >= 11 is 0. The third-order valence-corrected chi connectivity index (χ3v) is 4.80. The quantitative estimate of drug-likeness (QED) is 0.430. The number of nitrogens with one attached hydrogen (secondary N) is 2. The molecule has 142 valence electrons. The van der Waals surface area contributed by atoms with E-state index in [2.05, 4.69) is 54.5 Å². The van der Waals surface area contributed by atoms with Crippen molar-refractivity contribution in [1.82, 2.24) is 25.3 Å². The van der Waals surface area contributed by atoms with Crippen LogP contribution in [0, 0.1) is 6.92 Å². The lowest BCUT2D eigenvalue weighted by Crippen LogP contribution is -2.49. The first-order valence-corrected chi connectivity index (χ1v) is 9.77. The molecule has 6 heteroatoms. The van der Waals surface area contributed by atoms with Gasteiger partial charge in [0.1, 0.15) is 0 Å². The lowest BCUT2D eigenvalue weighted by molar-refractivity contribution is 0.102. The molecule has 25 heavy (non-hydrogen) atoms. The summed E-state index contributed by atoms with van der Waals surface area (Å²) in [5, 5.41) is 11.1. The monoisotopic (exact) mass is 348 g/mol. The minimum Gasteiger partial charge on any atom is -0.357 e. The summed E-state index contributed by atoms with van der Waals surface area (Å²) in [7, 11) is 0. The molecule has 0 spiro atoms. The number of nitrogens with zero attached hydrogens (tertiary/aromatic N) is 4. The Balaban J connectivity index is 1.78. The van der Waals surface area contributed by atoms with Crippen LogP contribution in [0.25, 0.3) is 0 Å². The third kappa shape index (κ3) is 6.69. The molecule has 1 aliphatic rings. The molecule has 0 bridgehead atoms. The lowest BCUT2D eigenvalue weighted by atomic mass is 9.99. The second-order valence-corrected chi connectivity index (χ2v) is 7.62. The number of likely N-dealkylation sites (tertiary alicyclic amines) is 1. The van der Waals surface area contributed by atoms with Gasteiger partial charge in [-0.2, -0.15) is 5.10 Å². The van der Waals surface area contributed by atoms with E-state index in [1.807, 2.05) is 10.9 Å². The number of rotatable bonds is 8. The molecule has 1 aromatic rings. The normalized spacial score (nSPS) is 16.9. The van der Waals surface area contributed by atoms with Gasteiger partial charge in [-0.25, -0.2) is 0 Å². The van der Waals surface area contributed by atoms with Gasteiger partial charge in [-0.3, -0.25) is 14.6 Å². The summed E-state index contributed by atoms with van der Waals surface area (Å²) in [6, 6.07) is 0. The molecule has 6 nitrogen and oxygen atoms in total. The van der Waals surface area contributed by atoms with Crippen molar-refractivity contribution in [3.8, 4) is 0 Å². The van der Waals surface area contributed by atoms with E-state index in [0.717, 1.165) is 38.6 Å². The van der Waals surface area contributed by atoms with Crippen LogP contribution in [0.15, 0.2) is 17.4 Å². The van der Waals surface area contributed by atoms with Gasteiger partial charge in [0.25, 0.3) is 0 Å². The first-order valence-electron chi connectivity index (χ1n) is 9.77. The number of aliphatic imine (C=N–C) groups is 1. The van der Waals surface area contributed by atoms with Crippen LogP contribution in [0.3, 0.4) is 0 Å². The van der Waals surface area contributed by atoms with E-state index in [1.165, 1.54) is 37.9 Å². The van der Waals surface area contributed by atoms with E-state index in [0.29, 0.717) is 0 Å². The summed E-state index contributed by atoms with van der Waals surface area (Å²) in [5.41, 5.74) is 1.33. The van der Waals surface area contributed by atoms with E-state index < -0.39 is 0 Å². The van der Waals surface area contributed by atoms with E-state index in [4.69, 9.17) is 4.99 Å². The van der Waals surface area contributed by atoms with Crippen LogP contribution in [0.5, 0.6) is 0 Å². The maximum absolute atomic E-state index is 4.84. The largest absolute Gasteiger partial charge is 0.357 e. The highest BCUT2D eigenvalue weighted by Gasteiger charge is 2.27. The molecule has 1 fully saturated rings. The summed E-state index contributed by atoms with van der Waals surface area (Å²) in [6.07, 6.45) is 9.02. The minimum atomic E-state index is 0.120. The molecule has 2 heterocycles. The van der Waals surface area contributed by atoms with Crippen LogP contribution >= 0.6 is 0 Å². The Labute approximate surface area is 153 Å². The summed E-state index contributed by atoms with van der Waals surface area (Å²) in [5.74, 6) is 0.921. The van der Waals surface area contributed by atoms with Gasteiger partial charge in [0.05, 0.1) is 12.7 Å². The molecule has 2 N–H and O–H groups in total. The second-order valence-electron chi connectivity index (χ2n) is 7.62. The Hall–Kier alpha value is -1.56. The molecule has 0 saturated carbocycles. The van der Waals surface area contributed by atoms with Crippen LogP contribution < -0.4 is 10.6 Å². The summed E-state index contributed by atoms with van der Waals surface area (Å²) < 4.78 is 2.00. The van der Waals surface area contributed by atoms with Crippen LogP contribution in [-0.4, -0.2) is 58.9 Å². The zero-order chi connectivity index (χ0) is 18.1. The summed E-state index contributed by atoms with van der Waals surface area (Å²) in [6.45, 7) is 14.7. The standard InChI is InChI=1S/C19H36N6/c1-5-20-18(21-10-9-13-25-15-17(2)14-23-25)22-16-19(3,4)24-11-7-6-8-12-24/h14-15H,5-13,16H2,1-4H3,(H2,20,21,22). The third-order valence-electron chi connectivity index (χ3n) is 4.80. The van der Waals surface area contributed by atoms with Crippen molar-refractivity contribution in [3.05, 3.63) is 18.0 Å². The molecule has 1 saturated heterocycles. The van der Waals surface area contributed by atoms with Gasteiger partial charge in [0.15, 0.2) is 5.96 Å². The highest BCUT2D eigenvalue weighted by Crippen LogP contribution is 2.20. The first-order chi connectivity index (χ1) is 12.0. The highest BCUT2D eigenvalue weighted by atomic mass is 15.3. The Morgan fingerprint density at radius 1 is 1.24 bits per heavy atom. The molecule has 0 unspecified atom stereocenters. The fraction of sp³-hybridized carbons (Fsp3) is 0.789. The van der Waals surface area contributed by atoms with Crippen LogP contribution in [-0.2, 0) is 6.54 Å². The van der Waals surface area contributed by atoms with Crippen LogP contribution in [0.1, 0.15) is 52.0 Å². The molecule has 0 atom stereocenters. The molecule has 0 aromatic carbocycles. The van der Waals surface area contributed by atoms with Crippen molar-refractivity contribution >= 4 is 5.96 Å². The average molecular weight is 349 g/mol. The smallest absolute Gasteiger partial charge is 0.191 e. The molecule has 0 radical (unpaired) electrons. The van der Waals surface area contributed by atoms with E-state index in [1.54, 1.807) is 0 Å². The van der Waals surface area contributed by atoms with E-state index in [-0.39, 0.29) is 5.54 Å². The molecular formula is C19H36N6. The van der Waals surface area contributed by atoms with Crippen molar-refractivity contribution in [2.75, 3.05) is 32.7 Å². The predicted octanol–water partition coefficient (Wildman–Crippen LogP) is 2.40. The fourth-order valence-electron chi connectivity index (χ4n) is 3.25. The molecule has 2 rings (SSSR count). The Kier molecular flexibility index (Phi) is 7.75. The highest BCUT2D eigenvalue weighted by molar-refractivity contribution is 5.79. The number of hydrogen-bond acceptors (Lipinski definition) is 3. The van der Waals surface area contributed by atoms with Gasteiger partial charge in [-0.05, 0) is 65.6 Å². The first kappa shape index (κ1) is 19.8. The maximum Gasteiger partial charge on any atom is 0.191 e. The minimum absolute atomic E-state index is 0.120. The zero-order valence-electron chi connectivity index (χ0n) is 16.5. The fourth-order valence-corrected chi connectivity index (χ4v) is 3.25. The summed E-state index contributed by atoms with van der Waals surface area (Å²) in [4.78, 5) is 7.43. The topological polar surface area (TPSA) is 57.5 Å². The van der Waals surface area contributed by atoms with Crippen molar-refractivity contribution < 1.29 is 0 Å². The number of aromatic nitrogens is 2. The van der Waals surface area contributed by atoms with Gasteiger partial charge < -0.3 is 10.6 Å². The van der Waals surface area contributed by atoms with Gasteiger partial charge >= 0.3 is 0 Å². The Bertz CT molecular complexity index is 528. The number of guanidine groups is 1. The molecule has 0 aliphatic carbocycles. The van der Waals surface area contributed by atoms with Gasteiger partial charge in [0.2, 0.25) is 0 Å². The maximum atomic E-state index is 4.84. The van der Waals surface area contributed by atoms with E-state index >= 15 is 0 Å². The van der Waals surface area contributed by atoms with Gasteiger partial charge in [-0.1, -0.05) is 6.42 Å².